The van der Waals surface area contributed by atoms with Crippen LogP contribution in [0.25, 0.3) is 0 Å². The molecule has 0 saturated heterocycles. The summed E-state index contributed by atoms with van der Waals surface area (Å²) in [6.45, 7) is -0.293. The number of anilines is 1. The van der Waals surface area contributed by atoms with Gasteiger partial charge in [0.05, 0.1) is 7.11 Å². The molecule has 5 nitrogen and oxygen atoms in total. The van der Waals surface area contributed by atoms with E-state index in [9.17, 15) is 9.59 Å². The van der Waals surface area contributed by atoms with Crippen LogP contribution in [0.3, 0.4) is 0 Å². The Morgan fingerprint density at radius 1 is 1.44 bits per heavy atom. The van der Waals surface area contributed by atoms with Crippen molar-refractivity contribution in [3.63, 3.8) is 0 Å². The second kappa shape index (κ2) is 5.08. The van der Waals surface area contributed by atoms with Gasteiger partial charge in [0.15, 0.2) is 0 Å². The average molecular weight is 249 g/mol. The fourth-order valence-corrected chi connectivity index (χ4v) is 2.16. The first-order valence-electron chi connectivity index (χ1n) is 5.81. The molecule has 1 aliphatic heterocycles. The molecule has 1 N–H and O–H groups in total. The highest BCUT2D eigenvalue weighted by atomic mass is 16.5. The van der Waals surface area contributed by atoms with Crippen LogP contribution in [0.15, 0.2) is 18.2 Å². The highest BCUT2D eigenvalue weighted by Crippen LogP contribution is 2.30. The number of amides is 1. The van der Waals surface area contributed by atoms with Gasteiger partial charge in [0, 0.05) is 12.1 Å². The second-order valence-corrected chi connectivity index (χ2v) is 4.22. The van der Waals surface area contributed by atoms with Gasteiger partial charge in [-0.15, -0.1) is 0 Å². The van der Waals surface area contributed by atoms with Gasteiger partial charge in [0.1, 0.15) is 12.3 Å². The first kappa shape index (κ1) is 12.4. The van der Waals surface area contributed by atoms with Crippen molar-refractivity contribution in [1.82, 2.24) is 0 Å². The minimum Gasteiger partial charge on any atom is -0.497 e. The van der Waals surface area contributed by atoms with E-state index in [-0.39, 0.29) is 12.5 Å². The van der Waals surface area contributed by atoms with Crippen LogP contribution in [0.5, 0.6) is 5.75 Å². The number of carbonyl (C=O) groups is 2. The SMILES string of the molecule is COc1ccc2c(c1)CCCC(=O)N2CC(=O)O. The summed E-state index contributed by atoms with van der Waals surface area (Å²) in [7, 11) is 1.58. The van der Waals surface area contributed by atoms with Gasteiger partial charge in [0.2, 0.25) is 5.91 Å². The summed E-state index contributed by atoms with van der Waals surface area (Å²) in [6, 6.07) is 5.36. The Morgan fingerprint density at radius 3 is 2.89 bits per heavy atom. The van der Waals surface area contributed by atoms with E-state index >= 15 is 0 Å². The molecule has 1 amide bonds. The number of ether oxygens (including phenoxy) is 1. The van der Waals surface area contributed by atoms with Crippen LogP contribution in [0.1, 0.15) is 18.4 Å². The lowest BCUT2D eigenvalue weighted by atomic mass is 10.1. The zero-order valence-corrected chi connectivity index (χ0v) is 10.2. The molecular formula is C13H15NO4. The molecule has 18 heavy (non-hydrogen) atoms. The van der Waals surface area contributed by atoms with Crippen molar-refractivity contribution in [3.05, 3.63) is 23.8 Å². The summed E-state index contributed by atoms with van der Waals surface area (Å²) in [4.78, 5) is 24.1. The zero-order chi connectivity index (χ0) is 13.1. The van der Waals surface area contributed by atoms with Crippen molar-refractivity contribution in [1.29, 1.82) is 0 Å². The number of nitrogens with zero attached hydrogens (tertiary/aromatic N) is 1. The molecule has 0 radical (unpaired) electrons. The number of aryl methyl sites for hydroxylation is 1. The number of carboxylic acid groups (broad SMARTS) is 1. The van der Waals surface area contributed by atoms with E-state index in [4.69, 9.17) is 9.84 Å². The fourth-order valence-electron chi connectivity index (χ4n) is 2.16. The molecule has 0 aromatic heterocycles. The monoisotopic (exact) mass is 249 g/mol. The Morgan fingerprint density at radius 2 is 2.22 bits per heavy atom. The van der Waals surface area contributed by atoms with Gasteiger partial charge in [-0.25, -0.2) is 0 Å². The number of fused-ring (bicyclic) bond motifs is 1. The second-order valence-electron chi connectivity index (χ2n) is 4.22. The predicted octanol–water partition coefficient (Wildman–Crippen LogP) is 1.45. The van der Waals surface area contributed by atoms with Crippen molar-refractivity contribution >= 4 is 17.6 Å². The highest BCUT2D eigenvalue weighted by Gasteiger charge is 2.24. The lowest BCUT2D eigenvalue weighted by Gasteiger charge is -2.21. The maximum atomic E-state index is 11.9. The predicted molar refractivity (Wildman–Crippen MR) is 65.9 cm³/mol. The molecule has 2 rings (SSSR count). The minimum absolute atomic E-state index is 0.138. The fraction of sp³-hybridized carbons (Fsp3) is 0.385. The smallest absolute Gasteiger partial charge is 0.323 e. The molecule has 0 atom stereocenters. The normalized spacial score (nSPS) is 14.9. The van der Waals surface area contributed by atoms with Crippen molar-refractivity contribution in [2.75, 3.05) is 18.6 Å². The van der Waals surface area contributed by atoms with Gasteiger partial charge in [0.25, 0.3) is 0 Å². The van der Waals surface area contributed by atoms with Crippen LogP contribution in [0, 0.1) is 0 Å². The van der Waals surface area contributed by atoms with E-state index in [1.165, 1.54) is 4.90 Å². The zero-order valence-electron chi connectivity index (χ0n) is 10.2. The standard InChI is InChI=1S/C13H15NO4/c1-18-10-5-6-11-9(7-10)3-2-4-12(15)14(11)8-13(16)17/h5-7H,2-4,8H2,1H3,(H,16,17). The van der Waals surface area contributed by atoms with Gasteiger partial charge in [-0.3, -0.25) is 9.59 Å². The van der Waals surface area contributed by atoms with Gasteiger partial charge in [-0.1, -0.05) is 0 Å². The molecule has 96 valence electrons. The largest absolute Gasteiger partial charge is 0.497 e. The van der Waals surface area contributed by atoms with E-state index in [0.717, 1.165) is 24.2 Å². The van der Waals surface area contributed by atoms with Gasteiger partial charge in [-0.05, 0) is 36.6 Å². The molecule has 1 aliphatic rings. The summed E-state index contributed by atoms with van der Waals surface area (Å²) in [5.41, 5.74) is 1.64. The van der Waals surface area contributed by atoms with E-state index in [0.29, 0.717) is 12.1 Å². The lowest BCUT2D eigenvalue weighted by molar-refractivity contribution is -0.136. The number of rotatable bonds is 3. The third-order valence-corrected chi connectivity index (χ3v) is 3.01. The first-order chi connectivity index (χ1) is 8.61. The molecular weight excluding hydrogens is 234 g/mol. The molecule has 0 bridgehead atoms. The van der Waals surface area contributed by atoms with Crippen molar-refractivity contribution in [2.24, 2.45) is 0 Å². The Kier molecular flexibility index (Phi) is 3.50. The van der Waals surface area contributed by atoms with E-state index < -0.39 is 5.97 Å². The van der Waals surface area contributed by atoms with Gasteiger partial charge >= 0.3 is 5.97 Å². The van der Waals surface area contributed by atoms with Crippen LogP contribution < -0.4 is 9.64 Å². The average Bonchev–Trinajstić information content (AvgIpc) is 2.49. The Hall–Kier alpha value is -2.04. The first-order valence-corrected chi connectivity index (χ1v) is 5.81. The Labute approximate surface area is 105 Å². The Balaban J connectivity index is 2.41. The van der Waals surface area contributed by atoms with Crippen molar-refractivity contribution in [2.45, 2.75) is 19.3 Å². The molecule has 0 aliphatic carbocycles. The molecule has 0 saturated carbocycles. The van der Waals surface area contributed by atoms with E-state index in [1.54, 1.807) is 19.2 Å². The molecule has 5 heteroatoms. The highest BCUT2D eigenvalue weighted by molar-refractivity contribution is 5.98. The van der Waals surface area contributed by atoms with Crippen LogP contribution in [-0.4, -0.2) is 30.6 Å². The van der Waals surface area contributed by atoms with Gasteiger partial charge < -0.3 is 14.7 Å². The van der Waals surface area contributed by atoms with Crippen molar-refractivity contribution < 1.29 is 19.4 Å². The summed E-state index contributed by atoms with van der Waals surface area (Å²) in [5.74, 6) is -0.424. The molecule has 1 aromatic rings. The van der Waals surface area contributed by atoms with Crippen LogP contribution >= 0.6 is 0 Å². The number of carbonyl (C=O) groups excluding carboxylic acids is 1. The number of aliphatic carboxylic acids is 1. The molecule has 0 spiro atoms. The van der Waals surface area contributed by atoms with Gasteiger partial charge in [-0.2, -0.15) is 0 Å². The van der Waals surface area contributed by atoms with Crippen LogP contribution in [-0.2, 0) is 16.0 Å². The van der Waals surface area contributed by atoms with Crippen molar-refractivity contribution in [3.8, 4) is 5.75 Å². The van der Waals surface area contributed by atoms with Crippen LogP contribution in [0.4, 0.5) is 5.69 Å². The number of carboxylic acids is 1. The maximum absolute atomic E-state index is 11.9. The molecule has 1 aromatic carbocycles. The molecule has 0 fully saturated rings. The lowest BCUT2D eigenvalue weighted by Crippen LogP contribution is -2.35. The third-order valence-electron chi connectivity index (χ3n) is 3.01. The van der Waals surface area contributed by atoms with E-state index in [2.05, 4.69) is 0 Å². The number of hydrogen-bond donors (Lipinski definition) is 1. The minimum atomic E-state index is -1.01. The Bertz CT molecular complexity index is 484. The topological polar surface area (TPSA) is 66.8 Å². The molecule has 0 unspecified atom stereocenters. The number of hydrogen-bond acceptors (Lipinski definition) is 3. The number of benzene rings is 1. The summed E-state index contributed by atoms with van der Waals surface area (Å²) in [6.07, 6.45) is 1.87. The molecule has 1 heterocycles. The third kappa shape index (κ3) is 2.45. The van der Waals surface area contributed by atoms with E-state index in [1.807, 2.05) is 6.07 Å². The van der Waals surface area contributed by atoms with Crippen LogP contribution in [0.2, 0.25) is 0 Å². The maximum Gasteiger partial charge on any atom is 0.323 e. The summed E-state index contributed by atoms with van der Waals surface area (Å²) in [5, 5.41) is 8.88. The quantitative estimate of drug-likeness (QED) is 0.880. The summed E-state index contributed by atoms with van der Waals surface area (Å²) >= 11 is 0. The summed E-state index contributed by atoms with van der Waals surface area (Å²) < 4.78 is 5.14. The number of methoxy groups -OCH3 is 1.